The van der Waals surface area contributed by atoms with E-state index in [1.54, 1.807) is 0 Å². The van der Waals surface area contributed by atoms with Crippen LogP contribution in [0.2, 0.25) is 0 Å². The van der Waals surface area contributed by atoms with E-state index in [2.05, 4.69) is 75.3 Å². The minimum Gasteiger partial charge on any atom is -0.311 e. The van der Waals surface area contributed by atoms with Gasteiger partial charge < -0.3 is 14.7 Å². The number of rotatable bonds is 8. The molecule has 34 heavy (non-hydrogen) atoms. The Balaban J connectivity index is 1.55. The van der Waals surface area contributed by atoms with E-state index in [4.69, 9.17) is 0 Å². The van der Waals surface area contributed by atoms with E-state index in [0.717, 1.165) is 36.6 Å². The van der Waals surface area contributed by atoms with Crippen LogP contribution in [0.3, 0.4) is 0 Å². The second-order valence-electron chi connectivity index (χ2n) is 8.55. The molecule has 0 saturated carbocycles. The van der Waals surface area contributed by atoms with Crippen molar-refractivity contribution in [1.82, 2.24) is 5.32 Å². The Kier molecular flexibility index (Phi) is 6.80. The Labute approximate surface area is 202 Å². The summed E-state index contributed by atoms with van der Waals surface area (Å²) in [4.78, 5) is 0. The van der Waals surface area contributed by atoms with E-state index < -0.39 is 7.44 Å². The van der Waals surface area contributed by atoms with Crippen molar-refractivity contribution in [3.05, 3.63) is 132 Å². The lowest BCUT2D eigenvalue weighted by Crippen LogP contribution is -2.30. The molecule has 1 N–H and O–H groups in total. The molecule has 0 aromatic heterocycles. The van der Waals surface area contributed by atoms with Crippen LogP contribution < -0.4 is 14.7 Å². The van der Waals surface area contributed by atoms with Crippen LogP contribution in [0, 0.1) is 0 Å². The highest BCUT2D eigenvalue weighted by molar-refractivity contribution is 7.68. The van der Waals surface area contributed by atoms with Gasteiger partial charge in [-0.2, -0.15) is 0 Å². The maximum Gasteiger partial charge on any atom is 0.271 e. The first kappa shape index (κ1) is 22.5. The quantitative estimate of drug-likeness (QED) is 0.291. The standard InChI is InChI=1S/C29H30N3OP/c33-34(29(26-15-7-2-8-16-26)24-30-23-25-13-5-1-6-14-25)31(27-17-9-3-10-18-27)21-22-32(34)28-19-11-4-12-20-28/h1-20,29-30H,21-24H2. The fraction of sp³-hybridized carbons (Fsp3) is 0.172. The molecule has 5 heteroatoms. The monoisotopic (exact) mass is 467 g/mol. The van der Waals surface area contributed by atoms with Crippen LogP contribution in [0.25, 0.3) is 0 Å². The molecule has 1 atom stereocenters. The number of nitrogens with one attached hydrogen (secondary N) is 1. The summed E-state index contributed by atoms with van der Waals surface area (Å²) >= 11 is 0. The van der Waals surface area contributed by atoms with Gasteiger partial charge in [0.25, 0.3) is 7.44 Å². The molecule has 1 aliphatic rings. The lowest BCUT2D eigenvalue weighted by atomic mass is 10.1. The van der Waals surface area contributed by atoms with Crippen LogP contribution >= 0.6 is 7.44 Å². The van der Waals surface area contributed by atoms with Crippen LogP contribution in [0.15, 0.2) is 121 Å². The molecule has 0 amide bonds. The highest BCUT2D eigenvalue weighted by atomic mass is 31.2. The Morgan fingerprint density at radius 1 is 0.647 bits per heavy atom. The van der Waals surface area contributed by atoms with Crippen molar-refractivity contribution in [2.24, 2.45) is 0 Å². The third-order valence-electron chi connectivity index (χ3n) is 6.42. The van der Waals surface area contributed by atoms with Crippen molar-refractivity contribution in [2.75, 3.05) is 29.0 Å². The Hall–Kier alpha value is -3.33. The lowest BCUT2D eigenvalue weighted by Gasteiger charge is -2.38. The molecule has 0 bridgehead atoms. The highest BCUT2D eigenvalue weighted by Crippen LogP contribution is 2.68. The largest absolute Gasteiger partial charge is 0.311 e. The van der Waals surface area contributed by atoms with Crippen molar-refractivity contribution < 1.29 is 4.57 Å². The minimum absolute atomic E-state index is 0.194. The second-order valence-corrected chi connectivity index (χ2v) is 11.3. The first-order valence-corrected chi connectivity index (χ1v) is 13.5. The average molecular weight is 468 g/mol. The summed E-state index contributed by atoms with van der Waals surface area (Å²) in [5.74, 6) is 0. The van der Waals surface area contributed by atoms with Crippen LogP contribution in [0.4, 0.5) is 11.4 Å². The number of hydrogen-bond acceptors (Lipinski definition) is 2. The summed E-state index contributed by atoms with van der Waals surface area (Å²) in [7, 11) is -3.08. The molecule has 1 saturated heterocycles. The minimum atomic E-state index is -3.08. The normalized spacial score (nSPS) is 15.9. The van der Waals surface area contributed by atoms with Crippen molar-refractivity contribution >= 4 is 18.8 Å². The molecule has 0 spiro atoms. The van der Waals surface area contributed by atoms with Crippen LogP contribution in [-0.4, -0.2) is 19.6 Å². The topological polar surface area (TPSA) is 35.6 Å². The molecular weight excluding hydrogens is 437 g/mol. The highest BCUT2D eigenvalue weighted by Gasteiger charge is 2.49. The fourth-order valence-electron chi connectivity index (χ4n) is 4.79. The molecule has 172 valence electrons. The number of hydrogen-bond donors (Lipinski definition) is 1. The summed E-state index contributed by atoms with van der Waals surface area (Å²) in [6.07, 6.45) is 0. The van der Waals surface area contributed by atoms with Gasteiger partial charge in [0.05, 0.1) is 5.66 Å². The molecule has 1 fully saturated rings. The van der Waals surface area contributed by atoms with Crippen LogP contribution in [-0.2, 0) is 11.1 Å². The van der Waals surface area contributed by atoms with E-state index in [9.17, 15) is 0 Å². The van der Waals surface area contributed by atoms with Gasteiger partial charge in [-0.25, -0.2) is 0 Å². The van der Waals surface area contributed by atoms with Gasteiger partial charge in [-0.3, -0.25) is 4.57 Å². The van der Waals surface area contributed by atoms with E-state index >= 15 is 4.57 Å². The fourth-order valence-corrected chi connectivity index (χ4v) is 8.33. The maximum atomic E-state index is 15.4. The maximum absolute atomic E-state index is 15.4. The molecule has 1 heterocycles. The molecule has 0 aliphatic carbocycles. The van der Waals surface area contributed by atoms with E-state index in [1.807, 2.05) is 60.7 Å². The van der Waals surface area contributed by atoms with Crippen molar-refractivity contribution in [3.63, 3.8) is 0 Å². The molecular formula is C29H30N3OP. The third-order valence-corrected chi connectivity index (χ3v) is 9.96. The van der Waals surface area contributed by atoms with Crippen LogP contribution in [0.5, 0.6) is 0 Å². The number of anilines is 2. The zero-order valence-corrected chi connectivity index (χ0v) is 20.1. The number of benzene rings is 4. The first-order chi connectivity index (χ1) is 16.8. The van der Waals surface area contributed by atoms with E-state index in [1.165, 1.54) is 5.56 Å². The summed E-state index contributed by atoms with van der Waals surface area (Å²) in [5.41, 5.74) is 4.14. The van der Waals surface area contributed by atoms with Gasteiger partial charge in [-0.05, 0) is 35.4 Å². The number of para-hydroxylation sites is 2. The predicted molar refractivity (Wildman–Crippen MR) is 143 cm³/mol. The van der Waals surface area contributed by atoms with Gasteiger partial charge in [0.15, 0.2) is 0 Å². The van der Waals surface area contributed by atoms with Gasteiger partial charge in [-0.1, -0.05) is 97.1 Å². The Morgan fingerprint density at radius 2 is 1.09 bits per heavy atom. The van der Waals surface area contributed by atoms with Gasteiger partial charge in [0, 0.05) is 37.6 Å². The lowest BCUT2D eigenvalue weighted by molar-refractivity contribution is 0.555. The van der Waals surface area contributed by atoms with Crippen molar-refractivity contribution in [2.45, 2.75) is 12.2 Å². The summed E-state index contributed by atoms with van der Waals surface area (Å²) < 4.78 is 19.7. The van der Waals surface area contributed by atoms with Gasteiger partial charge in [0.1, 0.15) is 0 Å². The van der Waals surface area contributed by atoms with E-state index in [-0.39, 0.29) is 5.66 Å². The first-order valence-electron chi connectivity index (χ1n) is 11.8. The van der Waals surface area contributed by atoms with Gasteiger partial charge >= 0.3 is 0 Å². The smallest absolute Gasteiger partial charge is 0.271 e. The zero-order chi connectivity index (χ0) is 23.2. The molecule has 5 rings (SSSR count). The molecule has 1 aliphatic heterocycles. The molecule has 4 aromatic carbocycles. The molecule has 1 unspecified atom stereocenters. The summed E-state index contributed by atoms with van der Waals surface area (Å²) in [6, 6.07) is 41.1. The third kappa shape index (κ3) is 4.52. The Bertz CT molecular complexity index is 1170. The molecule has 4 aromatic rings. The van der Waals surface area contributed by atoms with E-state index in [0.29, 0.717) is 6.54 Å². The van der Waals surface area contributed by atoms with Crippen molar-refractivity contribution in [1.29, 1.82) is 0 Å². The SMILES string of the molecule is O=P1(C(CNCc2ccccc2)c2ccccc2)N(c2ccccc2)CCN1c1ccccc1. The predicted octanol–water partition coefficient (Wildman–Crippen LogP) is 6.74. The zero-order valence-electron chi connectivity index (χ0n) is 19.2. The van der Waals surface area contributed by atoms with Crippen molar-refractivity contribution in [3.8, 4) is 0 Å². The average Bonchev–Trinajstić information content (AvgIpc) is 3.26. The summed E-state index contributed by atoms with van der Waals surface area (Å²) in [5, 5.41) is 3.62. The molecule has 0 radical (unpaired) electrons. The summed E-state index contributed by atoms with van der Waals surface area (Å²) in [6.45, 7) is 2.79. The Morgan fingerprint density at radius 3 is 1.59 bits per heavy atom. The van der Waals surface area contributed by atoms with Gasteiger partial charge in [-0.15, -0.1) is 0 Å². The second kappa shape index (κ2) is 10.3. The molecule has 4 nitrogen and oxygen atoms in total. The number of nitrogens with zero attached hydrogens (tertiary/aromatic N) is 2. The van der Waals surface area contributed by atoms with Gasteiger partial charge in [0.2, 0.25) is 0 Å². The van der Waals surface area contributed by atoms with Crippen LogP contribution in [0.1, 0.15) is 16.8 Å².